The largest absolute Gasteiger partial charge is 0.511 e. The van der Waals surface area contributed by atoms with E-state index in [1.54, 1.807) is 0 Å². The maximum absolute atomic E-state index is 13.3. The molecular weight excluding hydrogens is 458 g/mol. The summed E-state index contributed by atoms with van der Waals surface area (Å²) in [6.07, 6.45) is 1.69. The van der Waals surface area contributed by atoms with E-state index < -0.39 is 11.6 Å². The van der Waals surface area contributed by atoms with Gasteiger partial charge < -0.3 is 15.2 Å². The highest BCUT2D eigenvalue weighted by molar-refractivity contribution is 8.04. The van der Waals surface area contributed by atoms with Gasteiger partial charge >= 0.3 is 5.97 Å². The molecule has 0 fully saturated rings. The number of hydrogen-bond acceptors (Lipinski definition) is 5. The number of aliphatic hydroxyl groups is 1. The fraction of sp³-hybridized carbons (Fsp3) is 0.448. The number of aryl methyl sites for hydroxylation is 2. The van der Waals surface area contributed by atoms with Gasteiger partial charge in [-0.15, -0.1) is 0 Å². The molecule has 1 aliphatic rings. The number of carbonyl (C=O) groups is 2. The molecule has 1 atom stereocenters. The minimum atomic E-state index is -0.751. The van der Waals surface area contributed by atoms with Crippen LogP contribution < -0.4 is 5.32 Å². The first-order valence-electron chi connectivity index (χ1n) is 12.1. The molecule has 2 aromatic rings. The number of ether oxygens (including phenoxy) is 1. The Morgan fingerprint density at radius 2 is 1.86 bits per heavy atom. The normalized spacial score (nSPS) is 18.6. The highest BCUT2D eigenvalue weighted by atomic mass is 32.2. The number of esters is 1. The van der Waals surface area contributed by atoms with Crippen LogP contribution in [0, 0.1) is 12.8 Å². The third kappa shape index (κ3) is 6.29. The van der Waals surface area contributed by atoms with E-state index in [1.807, 2.05) is 51.1 Å². The lowest BCUT2D eigenvalue weighted by Gasteiger charge is -2.40. The molecule has 6 heteroatoms. The van der Waals surface area contributed by atoms with E-state index in [-0.39, 0.29) is 27.9 Å². The number of rotatable bonds is 7. The Labute approximate surface area is 213 Å². The van der Waals surface area contributed by atoms with Gasteiger partial charge in [0.05, 0.1) is 0 Å². The van der Waals surface area contributed by atoms with Gasteiger partial charge in [-0.05, 0) is 59.9 Å². The molecule has 0 saturated carbocycles. The third-order valence-corrected chi connectivity index (χ3v) is 7.76. The average molecular weight is 496 g/mol. The lowest BCUT2D eigenvalue weighted by Crippen LogP contribution is -2.44. The Balaban J connectivity index is 1.93. The van der Waals surface area contributed by atoms with E-state index in [4.69, 9.17) is 4.74 Å². The monoisotopic (exact) mass is 495 g/mol. The van der Waals surface area contributed by atoms with Gasteiger partial charge in [0.15, 0.2) is 0 Å². The lowest BCUT2D eigenvalue weighted by atomic mass is 9.80. The molecule has 2 aromatic carbocycles. The molecule has 3 rings (SSSR count). The summed E-state index contributed by atoms with van der Waals surface area (Å²) in [6, 6.07) is 14.0. The van der Waals surface area contributed by atoms with Crippen molar-refractivity contribution in [1.29, 1.82) is 0 Å². The van der Waals surface area contributed by atoms with Crippen LogP contribution in [0.2, 0.25) is 0 Å². The van der Waals surface area contributed by atoms with Crippen molar-refractivity contribution in [3.63, 3.8) is 0 Å². The molecule has 35 heavy (non-hydrogen) atoms. The zero-order valence-electron chi connectivity index (χ0n) is 21.8. The quantitative estimate of drug-likeness (QED) is 0.401. The minimum absolute atomic E-state index is 0.0492. The molecular formula is C29H37NO4S. The molecule has 1 aliphatic heterocycles. The molecule has 5 nitrogen and oxygen atoms in total. The number of benzene rings is 2. The number of hydrogen-bond donors (Lipinski definition) is 2. The summed E-state index contributed by atoms with van der Waals surface area (Å²) in [4.78, 5) is 26.0. The van der Waals surface area contributed by atoms with E-state index in [9.17, 15) is 14.7 Å². The topological polar surface area (TPSA) is 75.6 Å². The second kappa shape index (κ2) is 10.5. The predicted molar refractivity (Wildman–Crippen MR) is 143 cm³/mol. The van der Waals surface area contributed by atoms with Crippen molar-refractivity contribution in [1.82, 2.24) is 0 Å². The van der Waals surface area contributed by atoms with Crippen LogP contribution >= 0.6 is 11.8 Å². The fourth-order valence-corrected chi connectivity index (χ4v) is 5.63. The first-order chi connectivity index (χ1) is 16.3. The van der Waals surface area contributed by atoms with Crippen LogP contribution in [0.25, 0.3) is 0 Å². The fourth-order valence-electron chi connectivity index (χ4n) is 4.39. The van der Waals surface area contributed by atoms with E-state index >= 15 is 0 Å². The van der Waals surface area contributed by atoms with Crippen molar-refractivity contribution in [2.24, 2.45) is 5.92 Å². The maximum Gasteiger partial charge on any atom is 0.349 e. The molecule has 0 spiro atoms. The number of amides is 1. The number of anilines is 1. The molecule has 0 aromatic heterocycles. The lowest BCUT2D eigenvalue weighted by molar-refractivity contribution is -0.164. The number of carbonyl (C=O) groups excluding carboxylic acids is 2. The van der Waals surface area contributed by atoms with Gasteiger partial charge in [0.2, 0.25) is 5.91 Å². The molecule has 1 amide bonds. The van der Waals surface area contributed by atoms with Crippen LogP contribution in [0.3, 0.4) is 0 Å². The van der Waals surface area contributed by atoms with E-state index in [1.165, 1.54) is 24.2 Å². The zero-order chi connectivity index (χ0) is 26.0. The molecule has 0 bridgehead atoms. The van der Waals surface area contributed by atoms with Crippen molar-refractivity contribution in [3.8, 4) is 0 Å². The van der Waals surface area contributed by atoms with Gasteiger partial charge in [0, 0.05) is 23.9 Å². The summed E-state index contributed by atoms with van der Waals surface area (Å²) in [5.41, 5.74) is 2.80. The number of thioether (sulfide) groups is 1. The highest BCUT2D eigenvalue weighted by Crippen LogP contribution is 2.45. The smallest absolute Gasteiger partial charge is 0.349 e. The zero-order valence-corrected chi connectivity index (χ0v) is 22.6. The van der Waals surface area contributed by atoms with Gasteiger partial charge in [0.1, 0.15) is 16.3 Å². The van der Waals surface area contributed by atoms with Crippen LogP contribution in [-0.2, 0) is 26.2 Å². The van der Waals surface area contributed by atoms with Crippen molar-refractivity contribution in [2.45, 2.75) is 83.6 Å². The standard InChI is InChI=1S/C29H37NO4S/c1-18(2)29(14-13-21-11-9-8-10-12-21)17-24(32)26(27(33)34-29)35-25-15-19(3)23(30-20(4)31)16-22(25)28(5,6)7/h8-12,15-16,18,32H,13-14,17H2,1-7H3,(H,30,31)/t29-/m1/s1. The number of nitrogens with one attached hydrogen (secondary N) is 1. The molecule has 1 heterocycles. The maximum atomic E-state index is 13.3. The third-order valence-electron chi connectivity index (χ3n) is 6.60. The average Bonchev–Trinajstić information content (AvgIpc) is 2.76. The molecule has 0 unspecified atom stereocenters. The van der Waals surface area contributed by atoms with E-state index in [2.05, 4.69) is 38.2 Å². The molecule has 2 N–H and O–H groups in total. The summed E-state index contributed by atoms with van der Waals surface area (Å²) in [7, 11) is 0. The van der Waals surface area contributed by atoms with Crippen molar-refractivity contribution in [3.05, 3.63) is 69.8 Å². The SMILES string of the molecule is CC(=O)Nc1cc(C(C)(C)C)c(SC2=C(O)C[C@](CCc3ccccc3)(C(C)C)OC2=O)cc1C. The summed E-state index contributed by atoms with van der Waals surface area (Å²) in [5.74, 6) is -0.487. The highest BCUT2D eigenvalue weighted by Gasteiger charge is 2.44. The number of cyclic esters (lactones) is 1. The Kier molecular flexibility index (Phi) is 8.05. The summed E-state index contributed by atoms with van der Waals surface area (Å²) < 4.78 is 6.11. The van der Waals surface area contributed by atoms with E-state index in [0.717, 1.165) is 28.1 Å². The Morgan fingerprint density at radius 1 is 1.20 bits per heavy atom. The van der Waals surface area contributed by atoms with Crippen LogP contribution in [0.4, 0.5) is 5.69 Å². The first kappa shape index (κ1) is 26.9. The molecule has 0 aliphatic carbocycles. The molecule has 0 radical (unpaired) electrons. The summed E-state index contributed by atoms with van der Waals surface area (Å²) in [6.45, 7) is 13.7. The Hall–Kier alpha value is -2.73. The van der Waals surface area contributed by atoms with Gasteiger partial charge in [0.25, 0.3) is 0 Å². The van der Waals surface area contributed by atoms with Gasteiger partial charge in [-0.3, -0.25) is 4.79 Å². The summed E-state index contributed by atoms with van der Waals surface area (Å²) >= 11 is 1.25. The van der Waals surface area contributed by atoms with Crippen molar-refractivity contribution >= 4 is 29.3 Å². The van der Waals surface area contributed by atoms with E-state index in [0.29, 0.717) is 12.8 Å². The Morgan fingerprint density at radius 3 is 2.40 bits per heavy atom. The molecule has 0 saturated heterocycles. The number of aliphatic hydroxyl groups excluding tert-OH is 1. The van der Waals surface area contributed by atoms with Gasteiger partial charge in [-0.2, -0.15) is 0 Å². The van der Waals surface area contributed by atoms with Crippen LogP contribution in [-0.4, -0.2) is 22.6 Å². The predicted octanol–water partition coefficient (Wildman–Crippen LogP) is 7.09. The first-order valence-corrected chi connectivity index (χ1v) is 12.9. The molecule has 188 valence electrons. The minimum Gasteiger partial charge on any atom is -0.511 e. The van der Waals surface area contributed by atoms with Gasteiger partial charge in [-0.1, -0.05) is 76.7 Å². The summed E-state index contributed by atoms with van der Waals surface area (Å²) in [5, 5.41) is 14.0. The second-order valence-corrected chi connectivity index (χ2v) is 11.8. The Bertz CT molecular complexity index is 1130. The van der Waals surface area contributed by atoms with Crippen molar-refractivity contribution < 1.29 is 19.4 Å². The second-order valence-electron chi connectivity index (χ2n) is 10.7. The van der Waals surface area contributed by atoms with Crippen molar-refractivity contribution in [2.75, 3.05) is 5.32 Å². The van der Waals surface area contributed by atoms with Gasteiger partial charge in [-0.25, -0.2) is 4.79 Å². The van der Waals surface area contributed by atoms with Crippen LogP contribution in [0.15, 0.2) is 58.0 Å². The van der Waals surface area contributed by atoms with Crippen LogP contribution in [0.1, 0.15) is 71.1 Å². The van der Waals surface area contributed by atoms with Crippen LogP contribution in [0.5, 0.6) is 0 Å².